The van der Waals surface area contributed by atoms with E-state index >= 15 is 0 Å². The summed E-state index contributed by atoms with van der Waals surface area (Å²) in [5.74, 6) is -0.215. The molecule has 0 bridgehead atoms. The summed E-state index contributed by atoms with van der Waals surface area (Å²) in [6.45, 7) is 1.98. The van der Waals surface area contributed by atoms with Crippen LogP contribution < -0.4 is 5.32 Å². The second kappa shape index (κ2) is 6.11. The molecule has 0 saturated heterocycles. The van der Waals surface area contributed by atoms with Crippen LogP contribution in [0, 0.1) is 6.92 Å². The van der Waals surface area contributed by atoms with Crippen LogP contribution in [0.4, 0.5) is 5.69 Å². The molecule has 0 atom stereocenters. The Morgan fingerprint density at radius 2 is 2.00 bits per heavy atom. The van der Waals surface area contributed by atoms with Crippen molar-refractivity contribution in [2.24, 2.45) is 0 Å². The quantitative estimate of drug-likeness (QED) is 0.881. The number of aromatic nitrogens is 1. The molecule has 0 fully saturated rings. The molecule has 2 rings (SSSR count). The zero-order chi connectivity index (χ0) is 13.7. The molecule has 98 valence electrons. The molecule has 0 aliphatic rings. The van der Waals surface area contributed by atoms with Crippen LogP contribution in [0.1, 0.15) is 21.6 Å². The third-order valence-corrected chi connectivity index (χ3v) is 2.84. The van der Waals surface area contributed by atoms with Gasteiger partial charge in [-0.25, -0.2) is 0 Å². The van der Waals surface area contributed by atoms with Gasteiger partial charge in [0.2, 0.25) is 0 Å². The molecule has 19 heavy (non-hydrogen) atoms. The summed E-state index contributed by atoms with van der Waals surface area (Å²) in [6, 6.07) is 11.1. The van der Waals surface area contributed by atoms with Crippen LogP contribution >= 0.6 is 0 Å². The van der Waals surface area contributed by atoms with Gasteiger partial charge in [0, 0.05) is 18.5 Å². The maximum atomic E-state index is 12.0. The largest absolute Gasteiger partial charge is 0.396 e. The molecule has 0 aliphatic heterocycles. The minimum atomic E-state index is -0.215. The average Bonchev–Trinajstić information content (AvgIpc) is 2.42. The summed E-state index contributed by atoms with van der Waals surface area (Å²) < 4.78 is 0. The van der Waals surface area contributed by atoms with Crippen molar-refractivity contribution in [3.63, 3.8) is 0 Å². The number of nitrogens with one attached hydrogen (secondary N) is 1. The number of hydrogen-bond acceptors (Lipinski definition) is 3. The lowest BCUT2D eigenvalue weighted by Gasteiger charge is -2.07. The molecule has 0 saturated carbocycles. The van der Waals surface area contributed by atoms with Gasteiger partial charge in [0.25, 0.3) is 5.91 Å². The Hall–Kier alpha value is -2.20. The number of aryl methyl sites for hydroxylation is 1. The van der Waals surface area contributed by atoms with Crippen LogP contribution in [0.5, 0.6) is 0 Å². The first-order valence-electron chi connectivity index (χ1n) is 6.13. The first kappa shape index (κ1) is 13.2. The summed E-state index contributed by atoms with van der Waals surface area (Å²) in [6.07, 6.45) is 2.22. The average molecular weight is 256 g/mol. The number of aliphatic hydroxyl groups excluding tert-OH is 1. The Balaban J connectivity index is 2.09. The van der Waals surface area contributed by atoms with Crippen LogP contribution in [-0.4, -0.2) is 22.6 Å². The summed E-state index contributed by atoms with van der Waals surface area (Å²) >= 11 is 0. The highest BCUT2D eigenvalue weighted by molar-refractivity contribution is 6.03. The zero-order valence-corrected chi connectivity index (χ0v) is 10.8. The van der Waals surface area contributed by atoms with E-state index in [9.17, 15) is 4.79 Å². The summed E-state index contributed by atoms with van der Waals surface area (Å²) in [4.78, 5) is 16.1. The number of aliphatic hydroxyl groups is 1. The molecule has 0 radical (unpaired) electrons. The molecule has 1 aromatic heterocycles. The van der Waals surface area contributed by atoms with Gasteiger partial charge < -0.3 is 10.4 Å². The van der Waals surface area contributed by atoms with E-state index in [0.29, 0.717) is 12.1 Å². The van der Waals surface area contributed by atoms with Crippen molar-refractivity contribution in [2.45, 2.75) is 13.3 Å². The number of hydrogen-bond donors (Lipinski definition) is 2. The number of amides is 1. The highest BCUT2D eigenvalue weighted by atomic mass is 16.2. The van der Waals surface area contributed by atoms with Gasteiger partial charge in [-0.2, -0.15) is 0 Å². The maximum Gasteiger partial charge on any atom is 0.274 e. The monoisotopic (exact) mass is 256 g/mol. The minimum absolute atomic E-state index is 0.124. The molecule has 0 spiro atoms. The molecule has 0 unspecified atom stereocenters. The standard InChI is InChI=1S/C15H16N2O2/c1-11-3-2-9-16-14(11)15(19)17-13-6-4-12(5-7-13)8-10-18/h2-7,9,18H,8,10H2,1H3,(H,17,19). The van der Waals surface area contributed by atoms with Crippen molar-refractivity contribution >= 4 is 11.6 Å². The van der Waals surface area contributed by atoms with Crippen LogP contribution in [0.25, 0.3) is 0 Å². The summed E-state index contributed by atoms with van der Waals surface area (Å²) in [5.41, 5.74) is 3.03. The normalized spacial score (nSPS) is 10.2. The lowest BCUT2D eigenvalue weighted by atomic mass is 10.1. The van der Waals surface area contributed by atoms with Gasteiger partial charge in [-0.3, -0.25) is 9.78 Å². The van der Waals surface area contributed by atoms with Crippen molar-refractivity contribution in [1.29, 1.82) is 0 Å². The van der Waals surface area contributed by atoms with Crippen LogP contribution in [0.2, 0.25) is 0 Å². The van der Waals surface area contributed by atoms with Crippen molar-refractivity contribution in [1.82, 2.24) is 4.98 Å². The third kappa shape index (κ3) is 3.39. The molecule has 0 aliphatic carbocycles. The van der Waals surface area contributed by atoms with Gasteiger partial charge >= 0.3 is 0 Å². The summed E-state index contributed by atoms with van der Waals surface area (Å²) in [7, 11) is 0. The third-order valence-electron chi connectivity index (χ3n) is 2.84. The predicted molar refractivity (Wildman–Crippen MR) is 74.2 cm³/mol. The number of benzene rings is 1. The van der Waals surface area contributed by atoms with Crippen molar-refractivity contribution < 1.29 is 9.90 Å². The minimum Gasteiger partial charge on any atom is -0.396 e. The fourth-order valence-corrected chi connectivity index (χ4v) is 1.80. The number of carbonyl (C=O) groups excluding carboxylic acids is 1. The lowest BCUT2D eigenvalue weighted by Crippen LogP contribution is -2.15. The van der Waals surface area contributed by atoms with Gasteiger partial charge in [-0.15, -0.1) is 0 Å². The molecule has 2 N–H and O–H groups in total. The SMILES string of the molecule is Cc1cccnc1C(=O)Nc1ccc(CCO)cc1. The molecular weight excluding hydrogens is 240 g/mol. The Kier molecular flexibility index (Phi) is 4.26. The van der Waals surface area contributed by atoms with E-state index in [1.54, 1.807) is 12.3 Å². The Morgan fingerprint density at radius 3 is 2.63 bits per heavy atom. The highest BCUT2D eigenvalue weighted by Gasteiger charge is 2.09. The van der Waals surface area contributed by atoms with Gasteiger partial charge in [-0.1, -0.05) is 18.2 Å². The number of anilines is 1. The van der Waals surface area contributed by atoms with E-state index in [1.807, 2.05) is 37.3 Å². The van der Waals surface area contributed by atoms with E-state index in [-0.39, 0.29) is 12.5 Å². The van der Waals surface area contributed by atoms with Crippen molar-refractivity contribution in [2.75, 3.05) is 11.9 Å². The fourth-order valence-electron chi connectivity index (χ4n) is 1.80. The second-order valence-electron chi connectivity index (χ2n) is 4.29. The van der Waals surface area contributed by atoms with Gasteiger partial charge in [0.15, 0.2) is 0 Å². The maximum absolute atomic E-state index is 12.0. The van der Waals surface area contributed by atoms with Crippen molar-refractivity contribution in [3.8, 4) is 0 Å². The molecule has 1 amide bonds. The first-order chi connectivity index (χ1) is 9.20. The highest BCUT2D eigenvalue weighted by Crippen LogP contribution is 2.12. The molecule has 2 aromatic rings. The molecule has 1 heterocycles. The summed E-state index contributed by atoms with van der Waals surface area (Å²) in [5, 5.41) is 11.6. The fraction of sp³-hybridized carbons (Fsp3) is 0.200. The van der Waals surface area contributed by atoms with Gasteiger partial charge in [0.1, 0.15) is 5.69 Å². The van der Waals surface area contributed by atoms with Gasteiger partial charge in [-0.05, 0) is 42.7 Å². The van der Waals surface area contributed by atoms with E-state index in [0.717, 1.165) is 16.8 Å². The van der Waals surface area contributed by atoms with Crippen LogP contribution in [-0.2, 0) is 6.42 Å². The molecule has 4 heteroatoms. The molecule has 1 aromatic carbocycles. The number of pyridine rings is 1. The van der Waals surface area contributed by atoms with Crippen molar-refractivity contribution in [3.05, 3.63) is 59.4 Å². The van der Waals surface area contributed by atoms with E-state index in [4.69, 9.17) is 5.11 Å². The lowest BCUT2D eigenvalue weighted by molar-refractivity contribution is 0.102. The number of carbonyl (C=O) groups is 1. The molecule has 4 nitrogen and oxygen atoms in total. The van der Waals surface area contributed by atoms with Gasteiger partial charge in [0.05, 0.1) is 0 Å². The van der Waals surface area contributed by atoms with Crippen LogP contribution in [0.15, 0.2) is 42.6 Å². The first-order valence-corrected chi connectivity index (χ1v) is 6.13. The van der Waals surface area contributed by atoms with Crippen LogP contribution in [0.3, 0.4) is 0 Å². The number of nitrogens with zero attached hydrogens (tertiary/aromatic N) is 1. The second-order valence-corrected chi connectivity index (χ2v) is 4.29. The Bertz CT molecular complexity index is 565. The Morgan fingerprint density at radius 1 is 1.26 bits per heavy atom. The predicted octanol–water partition coefficient (Wildman–Crippen LogP) is 2.18. The zero-order valence-electron chi connectivity index (χ0n) is 10.8. The topological polar surface area (TPSA) is 62.2 Å². The van der Waals surface area contributed by atoms with E-state index < -0.39 is 0 Å². The van der Waals surface area contributed by atoms with E-state index in [2.05, 4.69) is 10.3 Å². The smallest absolute Gasteiger partial charge is 0.274 e. The van der Waals surface area contributed by atoms with E-state index in [1.165, 1.54) is 0 Å². The molecular formula is C15H16N2O2. The Labute approximate surface area is 112 Å². The number of rotatable bonds is 4.